The van der Waals surface area contributed by atoms with Crippen molar-refractivity contribution in [1.82, 2.24) is 5.32 Å². The molecule has 18 heavy (non-hydrogen) atoms. The van der Waals surface area contributed by atoms with Crippen molar-refractivity contribution in [3.63, 3.8) is 0 Å². The van der Waals surface area contributed by atoms with E-state index >= 15 is 0 Å². The molecular weight excluding hydrogens is 314 g/mol. The van der Waals surface area contributed by atoms with Gasteiger partial charge >= 0.3 is 6.03 Å². The number of amides is 2. The topological polar surface area (TPSA) is 67.1 Å². The van der Waals surface area contributed by atoms with Crippen molar-refractivity contribution >= 4 is 44.9 Å². The quantitative estimate of drug-likeness (QED) is 0.748. The number of nitrogens with one attached hydrogen (secondary N) is 2. The second kappa shape index (κ2) is 5.67. The van der Waals surface area contributed by atoms with Gasteiger partial charge in [0.2, 0.25) is 0 Å². The number of thiocarbonyl (C=S) groups is 1. The van der Waals surface area contributed by atoms with Crippen molar-refractivity contribution in [3.05, 3.63) is 28.2 Å². The Balaban J connectivity index is 2.07. The minimum atomic E-state index is -0.209. The number of carbonyl (C=O) groups is 1. The Morgan fingerprint density at radius 2 is 2.17 bits per heavy atom. The van der Waals surface area contributed by atoms with E-state index < -0.39 is 0 Å². The van der Waals surface area contributed by atoms with Gasteiger partial charge in [-0.15, -0.1) is 0 Å². The molecule has 4 nitrogen and oxygen atoms in total. The number of nitrogens with two attached hydrogens (primary N) is 1. The molecule has 0 radical (unpaired) electrons. The number of benzene rings is 1. The lowest BCUT2D eigenvalue weighted by atomic mass is 9.93. The first kappa shape index (κ1) is 13.3. The third-order valence-electron chi connectivity index (χ3n) is 2.94. The Morgan fingerprint density at radius 3 is 2.72 bits per heavy atom. The second-order valence-corrected chi connectivity index (χ2v) is 5.64. The highest BCUT2D eigenvalue weighted by Crippen LogP contribution is 2.22. The average molecular weight is 328 g/mol. The summed E-state index contributed by atoms with van der Waals surface area (Å²) in [6.07, 6.45) is 3.28. The highest BCUT2D eigenvalue weighted by molar-refractivity contribution is 9.10. The molecule has 1 fully saturated rings. The van der Waals surface area contributed by atoms with Crippen LogP contribution in [0.5, 0.6) is 0 Å². The van der Waals surface area contributed by atoms with E-state index in [1.807, 2.05) is 6.07 Å². The van der Waals surface area contributed by atoms with Gasteiger partial charge in [-0.25, -0.2) is 4.79 Å². The van der Waals surface area contributed by atoms with Gasteiger partial charge < -0.3 is 16.4 Å². The van der Waals surface area contributed by atoms with E-state index in [1.54, 1.807) is 12.1 Å². The zero-order valence-corrected chi connectivity index (χ0v) is 12.1. The second-order valence-electron chi connectivity index (χ2n) is 4.28. The highest BCUT2D eigenvalue weighted by Gasteiger charge is 2.19. The predicted molar refractivity (Wildman–Crippen MR) is 79.8 cm³/mol. The molecule has 0 atom stereocenters. The van der Waals surface area contributed by atoms with Gasteiger partial charge in [0.05, 0.1) is 5.69 Å². The first-order valence-corrected chi connectivity index (χ1v) is 6.93. The Labute approximate surface area is 119 Å². The summed E-state index contributed by atoms with van der Waals surface area (Å²) in [5, 5.41) is 5.68. The number of halogens is 1. The third-order valence-corrected chi connectivity index (χ3v) is 3.65. The van der Waals surface area contributed by atoms with Crippen LogP contribution >= 0.6 is 28.1 Å². The maximum atomic E-state index is 11.8. The number of hydrogen-bond acceptors (Lipinski definition) is 2. The summed E-state index contributed by atoms with van der Waals surface area (Å²) in [6, 6.07) is 5.49. The minimum Gasteiger partial charge on any atom is -0.389 e. The van der Waals surface area contributed by atoms with Gasteiger partial charge in [-0.3, -0.25) is 0 Å². The van der Waals surface area contributed by atoms with Gasteiger partial charge in [-0.05, 0) is 37.5 Å². The molecule has 0 unspecified atom stereocenters. The zero-order chi connectivity index (χ0) is 13.1. The van der Waals surface area contributed by atoms with Crippen LogP contribution in [-0.2, 0) is 0 Å². The van der Waals surface area contributed by atoms with E-state index in [-0.39, 0.29) is 11.0 Å². The fourth-order valence-corrected chi connectivity index (χ4v) is 2.26. The van der Waals surface area contributed by atoms with Gasteiger partial charge in [-0.1, -0.05) is 28.1 Å². The summed E-state index contributed by atoms with van der Waals surface area (Å²) in [5.74, 6) is 0. The summed E-state index contributed by atoms with van der Waals surface area (Å²) < 4.78 is 0.871. The fraction of sp³-hybridized carbons (Fsp3) is 0.333. The largest absolute Gasteiger partial charge is 0.389 e. The molecule has 0 heterocycles. The third kappa shape index (κ3) is 3.20. The summed E-state index contributed by atoms with van der Waals surface area (Å²) >= 11 is 8.32. The lowest BCUT2D eigenvalue weighted by molar-refractivity contribution is 0.240. The highest BCUT2D eigenvalue weighted by atomic mass is 79.9. The number of hydrogen-bond donors (Lipinski definition) is 3. The number of urea groups is 1. The molecule has 0 saturated heterocycles. The molecule has 1 saturated carbocycles. The molecule has 2 rings (SSSR count). The Bertz CT molecular complexity index is 488. The van der Waals surface area contributed by atoms with Crippen LogP contribution in [0.25, 0.3) is 0 Å². The summed E-state index contributed by atoms with van der Waals surface area (Å²) in [5.41, 5.74) is 6.92. The minimum absolute atomic E-state index is 0.209. The van der Waals surface area contributed by atoms with Crippen molar-refractivity contribution in [3.8, 4) is 0 Å². The number of rotatable bonds is 3. The maximum absolute atomic E-state index is 11.8. The monoisotopic (exact) mass is 327 g/mol. The molecule has 1 aliphatic carbocycles. The molecular formula is C12H14BrN3OS. The van der Waals surface area contributed by atoms with E-state index in [4.69, 9.17) is 18.0 Å². The van der Waals surface area contributed by atoms with E-state index in [1.165, 1.54) is 6.42 Å². The van der Waals surface area contributed by atoms with E-state index in [2.05, 4.69) is 26.6 Å². The van der Waals surface area contributed by atoms with Gasteiger partial charge in [0.15, 0.2) is 0 Å². The average Bonchev–Trinajstić information content (AvgIpc) is 2.26. The summed E-state index contributed by atoms with van der Waals surface area (Å²) in [4.78, 5) is 12.0. The first-order valence-electron chi connectivity index (χ1n) is 5.73. The van der Waals surface area contributed by atoms with Crippen LogP contribution in [0.1, 0.15) is 24.8 Å². The molecule has 96 valence electrons. The molecule has 6 heteroatoms. The van der Waals surface area contributed by atoms with Crippen LogP contribution in [0.2, 0.25) is 0 Å². The van der Waals surface area contributed by atoms with Crippen LogP contribution < -0.4 is 16.4 Å². The summed E-state index contributed by atoms with van der Waals surface area (Å²) in [7, 11) is 0. The first-order chi connectivity index (χ1) is 8.56. The molecule has 1 aliphatic rings. The standard InChI is InChI=1S/C12H14BrN3OS/c13-7-4-5-10(9(6-7)11(14)18)16-12(17)15-8-2-1-3-8/h4-6,8H,1-3H2,(H2,14,18)(H2,15,16,17). The lowest BCUT2D eigenvalue weighted by Gasteiger charge is -2.26. The van der Waals surface area contributed by atoms with Gasteiger partial charge in [0.25, 0.3) is 0 Å². The zero-order valence-electron chi connectivity index (χ0n) is 9.70. The van der Waals surface area contributed by atoms with Crippen molar-refractivity contribution in [1.29, 1.82) is 0 Å². The predicted octanol–water partition coefficient (Wildman–Crippen LogP) is 2.76. The molecule has 0 aliphatic heterocycles. The van der Waals surface area contributed by atoms with E-state index in [0.717, 1.165) is 17.3 Å². The van der Waals surface area contributed by atoms with Crippen molar-refractivity contribution in [2.24, 2.45) is 5.73 Å². The van der Waals surface area contributed by atoms with Gasteiger partial charge in [0, 0.05) is 16.1 Å². The van der Waals surface area contributed by atoms with Crippen LogP contribution in [-0.4, -0.2) is 17.1 Å². The normalized spacial score (nSPS) is 14.7. The Kier molecular flexibility index (Phi) is 4.19. The molecule has 4 N–H and O–H groups in total. The molecule has 1 aromatic carbocycles. The molecule has 0 aromatic heterocycles. The van der Waals surface area contributed by atoms with Crippen molar-refractivity contribution in [2.75, 3.05) is 5.32 Å². The lowest BCUT2D eigenvalue weighted by Crippen LogP contribution is -2.42. The van der Waals surface area contributed by atoms with Crippen LogP contribution in [0.15, 0.2) is 22.7 Å². The Morgan fingerprint density at radius 1 is 1.44 bits per heavy atom. The molecule has 1 aromatic rings. The van der Waals surface area contributed by atoms with Gasteiger partial charge in [-0.2, -0.15) is 0 Å². The van der Waals surface area contributed by atoms with E-state index in [0.29, 0.717) is 17.3 Å². The SMILES string of the molecule is NC(=S)c1cc(Br)ccc1NC(=O)NC1CCC1. The fourth-order valence-electron chi connectivity index (χ4n) is 1.73. The smallest absolute Gasteiger partial charge is 0.319 e. The van der Waals surface area contributed by atoms with Crippen LogP contribution in [0.4, 0.5) is 10.5 Å². The van der Waals surface area contributed by atoms with Crippen molar-refractivity contribution < 1.29 is 4.79 Å². The molecule has 2 amide bonds. The Hall–Kier alpha value is -1.14. The number of carbonyl (C=O) groups excluding carboxylic acids is 1. The van der Waals surface area contributed by atoms with E-state index in [9.17, 15) is 4.79 Å². The molecule has 0 bridgehead atoms. The van der Waals surface area contributed by atoms with Gasteiger partial charge in [0.1, 0.15) is 4.99 Å². The van der Waals surface area contributed by atoms with Crippen molar-refractivity contribution in [2.45, 2.75) is 25.3 Å². The molecule has 0 spiro atoms. The van der Waals surface area contributed by atoms with Crippen LogP contribution in [0.3, 0.4) is 0 Å². The maximum Gasteiger partial charge on any atom is 0.319 e. The number of anilines is 1. The van der Waals surface area contributed by atoms with Crippen LogP contribution in [0, 0.1) is 0 Å². The summed E-state index contributed by atoms with van der Waals surface area (Å²) in [6.45, 7) is 0.